The molecule has 2 aliphatic heterocycles. The number of pyridine rings is 1. The quantitative estimate of drug-likeness (QED) is 0.722. The van der Waals surface area contributed by atoms with Gasteiger partial charge in [0.1, 0.15) is 5.82 Å². The van der Waals surface area contributed by atoms with Crippen LogP contribution in [0.2, 0.25) is 0 Å². The maximum Gasteiger partial charge on any atom is 0.244 e. The fourth-order valence-electron chi connectivity index (χ4n) is 4.11. The highest BCUT2D eigenvalue weighted by atomic mass is 16.2. The van der Waals surface area contributed by atoms with E-state index >= 15 is 0 Å². The van der Waals surface area contributed by atoms with Crippen molar-refractivity contribution >= 4 is 29.4 Å². The molecule has 2 aromatic rings. The fraction of sp³-hybridized carbons (Fsp3) is 0.400. The maximum absolute atomic E-state index is 12.2. The minimum atomic E-state index is -0.143. The summed E-state index contributed by atoms with van der Waals surface area (Å²) in [5.74, 6) is 1.06. The number of amides is 2. The third-order valence-corrected chi connectivity index (χ3v) is 5.91. The van der Waals surface area contributed by atoms with Gasteiger partial charge in [-0.3, -0.25) is 9.59 Å². The molecule has 6 nitrogen and oxygen atoms in total. The van der Waals surface area contributed by atoms with Crippen LogP contribution >= 0.6 is 0 Å². The lowest BCUT2D eigenvalue weighted by Crippen LogP contribution is -2.25. The van der Waals surface area contributed by atoms with Gasteiger partial charge < -0.3 is 15.1 Å². The first-order valence-electron chi connectivity index (χ1n) is 11.3. The van der Waals surface area contributed by atoms with Crippen molar-refractivity contribution in [2.24, 2.45) is 0 Å². The SMILES string of the molecule is O=C(C=Cc1ccc(N2CCCC2=O)cc1)NCc1ccc(N2CCCCCC2)nc1. The molecule has 0 bridgehead atoms. The van der Waals surface area contributed by atoms with Gasteiger partial charge in [0, 0.05) is 50.6 Å². The van der Waals surface area contributed by atoms with Crippen molar-refractivity contribution in [3.05, 3.63) is 59.8 Å². The van der Waals surface area contributed by atoms with E-state index in [1.165, 1.54) is 31.8 Å². The number of benzene rings is 1. The summed E-state index contributed by atoms with van der Waals surface area (Å²) in [6, 6.07) is 11.8. The fourth-order valence-corrected chi connectivity index (χ4v) is 4.11. The molecule has 2 aliphatic rings. The number of carbonyl (C=O) groups is 2. The third kappa shape index (κ3) is 5.72. The lowest BCUT2D eigenvalue weighted by atomic mass is 10.2. The van der Waals surface area contributed by atoms with Crippen molar-refractivity contribution in [1.29, 1.82) is 0 Å². The van der Waals surface area contributed by atoms with Crippen LogP contribution in [-0.2, 0) is 16.1 Å². The molecule has 6 heteroatoms. The zero-order valence-corrected chi connectivity index (χ0v) is 17.9. The molecule has 0 aliphatic carbocycles. The molecule has 3 heterocycles. The lowest BCUT2D eigenvalue weighted by molar-refractivity contribution is -0.117. The standard InChI is InChI=1S/C25H30N4O2/c30-24(14-10-20-7-11-22(12-8-20)29-17-5-6-25(29)31)27-19-21-9-13-23(26-18-21)28-15-3-1-2-4-16-28/h7-14,18H,1-6,15-17,19H2,(H,27,30). The molecular weight excluding hydrogens is 388 g/mol. The van der Waals surface area contributed by atoms with Crippen molar-refractivity contribution in [2.45, 2.75) is 45.1 Å². The molecule has 2 amide bonds. The van der Waals surface area contributed by atoms with Crippen LogP contribution in [0.3, 0.4) is 0 Å². The van der Waals surface area contributed by atoms with Gasteiger partial charge in [0.25, 0.3) is 0 Å². The van der Waals surface area contributed by atoms with Gasteiger partial charge in [-0.25, -0.2) is 4.98 Å². The average Bonchev–Trinajstić information content (AvgIpc) is 3.05. The summed E-state index contributed by atoms with van der Waals surface area (Å²) in [6.07, 6.45) is 11.8. The van der Waals surface area contributed by atoms with Crippen molar-refractivity contribution < 1.29 is 9.59 Å². The number of anilines is 2. The zero-order chi connectivity index (χ0) is 21.5. The predicted molar refractivity (Wildman–Crippen MR) is 124 cm³/mol. The second-order valence-corrected chi connectivity index (χ2v) is 8.22. The summed E-state index contributed by atoms with van der Waals surface area (Å²) in [6.45, 7) is 3.38. The molecule has 0 radical (unpaired) electrons. The second kappa shape index (κ2) is 10.2. The smallest absolute Gasteiger partial charge is 0.244 e. The van der Waals surface area contributed by atoms with Crippen LogP contribution in [0, 0.1) is 0 Å². The number of aromatic nitrogens is 1. The normalized spacial score (nSPS) is 17.2. The summed E-state index contributed by atoms with van der Waals surface area (Å²) in [7, 11) is 0. The van der Waals surface area contributed by atoms with Gasteiger partial charge >= 0.3 is 0 Å². The molecule has 0 spiro atoms. The first-order valence-corrected chi connectivity index (χ1v) is 11.3. The monoisotopic (exact) mass is 418 g/mol. The number of hydrogen-bond acceptors (Lipinski definition) is 4. The van der Waals surface area contributed by atoms with E-state index in [2.05, 4.69) is 21.3 Å². The van der Waals surface area contributed by atoms with Crippen LogP contribution in [-0.4, -0.2) is 36.4 Å². The Morgan fingerprint density at radius 3 is 2.39 bits per heavy atom. The van der Waals surface area contributed by atoms with Crippen molar-refractivity contribution in [1.82, 2.24) is 10.3 Å². The average molecular weight is 419 g/mol. The van der Waals surface area contributed by atoms with Gasteiger partial charge in [-0.1, -0.05) is 31.0 Å². The first kappa shape index (κ1) is 21.1. The van der Waals surface area contributed by atoms with E-state index in [1.54, 1.807) is 6.08 Å². The zero-order valence-electron chi connectivity index (χ0n) is 17.9. The highest BCUT2D eigenvalue weighted by molar-refractivity contribution is 5.95. The molecule has 31 heavy (non-hydrogen) atoms. The number of hydrogen-bond donors (Lipinski definition) is 1. The number of rotatable bonds is 6. The Hall–Kier alpha value is -3.15. The lowest BCUT2D eigenvalue weighted by Gasteiger charge is -2.21. The van der Waals surface area contributed by atoms with Crippen LogP contribution in [0.1, 0.15) is 49.7 Å². The van der Waals surface area contributed by atoms with Crippen LogP contribution in [0.4, 0.5) is 11.5 Å². The minimum absolute atomic E-state index is 0.143. The molecule has 0 saturated carbocycles. The highest BCUT2D eigenvalue weighted by Crippen LogP contribution is 2.22. The van der Waals surface area contributed by atoms with Gasteiger partial charge in [0.15, 0.2) is 0 Å². The molecule has 2 fully saturated rings. The van der Waals surface area contributed by atoms with Crippen molar-refractivity contribution in [3.8, 4) is 0 Å². The summed E-state index contributed by atoms with van der Waals surface area (Å²) in [5.41, 5.74) is 2.83. The van der Waals surface area contributed by atoms with Gasteiger partial charge in [-0.05, 0) is 54.7 Å². The Morgan fingerprint density at radius 1 is 0.968 bits per heavy atom. The molecule has 4 rings (SSSR count). The van der Waals surface area contributed by atoms with E-state index < -0.39 is 0 Å². The largest absolute Gasteiger partial charge is 0.357 e. The number of nitrogens with one attached hydrogen (secondary N) is 1. The van der Waals surface area contributed by atoms with E-state index in [0.717, 1.165) is 48.7 Å². The Labute approximate surface area is 184 Å². The van der Waals surface area contributed by atoms with E-state index in [9.17, 15) is 9.59 Å². The number of carbonyl (C=O) groups excluding carboxylic acids is 2. The van der Waals surface area contributed by atoms with E-state index in [-0.39, 0.29) is 11.8 Å². The van der Waals surface area contributed by atoms with Gasteiger partial charge in [0.2, 0.25) is 11.8 Å². The Morgan fingerprint density at radius 2 is 1.74 bits per heavy atom. The second-order valence-electron chi connectivity index (χ2n) is 8.22. The van der Waals surface area contributed by atoms with Crippen LogP contribution in [0.5, 0.6) is 0 Å². The van der Waals surface area contributed by atoms with Crippen LogP contribution < -0.4 is 15.1 Å². The summed E-state index contributed by atoms with van der Waals surface area (Å²) in [5, 5.41) is 2.91. The molecule has 0 unspecified atom stereocenters. The number of nitrogens with zero attached hydrogens (tertiary/aromatic N) is 3. The van der Waals surface area contributed by atoms with E-state index in [4.69, 9.17) is 0 Å². The Bertz CT molecular complexity index is 914. The molecule has 1 aromatic carbocycles. The minimum Gasteiger partial charge on any atom is -0.357 e. The first-order chi connectivity index (χ1) is 15.2. The highest BCUT2D eigenvalue weighted by Gasteiger charge is 2.21. The summed E-state index contributed by atoms with van der Waals surface area (Å²) in [4.78, 5) is 32.8. The molecule has 1 N–H and O–H groups in total. The Kier molecular flexibility index (Phi) is 6.97. The van der Waals surface area contributed by atoms with Crippen LogP contribution in [0.15, 0.2) is 48.7 Å². The van der Waals surface area contributed by atoms with Gasteiger partial charge in [0.05, 0.1) is 0 Å². The van der Waals surface area contributed by atoms with Crippen molar-refractivity contribution in [2.75, 3.05) is 29.4 Å². The summed E-state index contributed by atoms with van der Waals surface area (Å²) >= 11 is 0. The maximum atomic E-state index is 12.2. The van der Waals surface area contributed by atoms with E-state index in [0.29, 0.717) is 13.0 Å². The topological polar surface area (TPSA) is 65.5 Å². The Balaban J connectivity index is 1.26. The molecule has 162 valence electrons. The molecular formula is C25H30N4O2. The third-order valence-electron chi connectivity index (χ3n) is 5.91. The molecule has 1 aromatic heterocycles. The molecule has 2 saturated heterocycles. The predicted octanol–water partition coefficient (Wildman–Crippen LogP) is 3.92. The van der Waals surface area contributed by atoms with Crippen LogP contribution in [0.25, 0.3) is 6.08 Å². The van der Waals surface area contributed by atoms with Crippen molar-refractivity contribution in [3.63, 3.8) is 0 Å². The van der Waals surface area contributed by atoms with Gasteiger partial charge in [-0.15, -0.1) is 0 Å². The van der Waals surface area contributed by atoms with Gasteiger partial charge in [-0.2, -0.15) is 0 Å². The molecule has 0 atom stereocenters. The van der Waals surface area contributed by atoms with E-state index in [1.807, 2.05) is 41.4 Å². The summed E-state index contributed by atoms with van der Waals surface area (Å²) < 4.78 is 0.